The van der Waals surface area contributed by atoms with Crippen molar-refractivity contribution >= 4 is 55.3 Å². The Morgan fingerprint density at radius 3 is 2.22 bits per heavy atom. The van der Waals surface area contributed by atoms with Gasteiger partial charge in [-0.3, -0.25) is 13.9 Å². The molecule has 0 saturated heterocycles. The lowest BCUT2D eigenvalue weighted by Crippen LogP contribution is -2.28. The molecule has 0 unspecified atom stereocenters. The van der Waals surface area contributed by atoms with E-state index in [-0.39, 0.29) is 16.2 Å². The van der Waals surface area contributed by atoms with Gasteiger partial charge < -0.3 is 14.7 Å². The van der Waals surface area contributed by atoms with E-state index < -0.39 is 37.0 Å². The fraction of sp³-hybridized carbons (Fsp3) is 0.391. The molecule has 0 aromatic heterocycles. The lowest BCUT2D eigenvalue weighted by Gasteiger charge is -2.27. The van der Waals surface area contributed by atoms with Crippen molar-refractivity contribution in [2.45, 2.75) is 118 Å². The number of rotatable bonds is 19. The highest BCUT2D eigenvalue weighted by Gasteiger charge is 2.45. The van der Waals surface area contributed by atoms with Crippen molar-refractivity contribution in [3.05, 3.63) is 119 Å². The highest BCUT2D eigenvalue weighted by Crippen LogP contribution is 2.49. The fourth-order valence-corrected chi connectivity index (χ4v) is 9.99. The summed E-state index contributed by atoms with van der Waals surface area (Å²) in [5, 5.41) is 21.8. The first-order chi connectivity index (χ1) is 29.8. The first kappa shape index (κ1) is 47.9. The summed E-state index contributed by atoms with van der Waals surface area (Å²) in [4.78, 5) is 13.6. The quantitative estimate of drug-likeness (QED) is 0.0221. The van der Waals surface area contributed by atoms with Crippen LogP contribution in [0.15, 0.2) is 122 Å². The molecule has 2 aliphatic heterocycles. The smallest absolute Gasteiger partial charge is 0.303 e. The molecular weight excluding hydrogens is 869 g/mol. The SMILES string of the molecule is CCCC[N+]1=C(/C=C/C2=C(Oc3ccc(S(=O)(=O)O)cc3)C(=C/C=C3/N(CCCCCC(=O)O)c4ccc(S(=O)(=O)O)cc4C3(C)C)/CCC2)C(C)(C)c2cc(SOOO)ccc21. The van der Waals surface area contributed by atoms with E-state index in [1.54, 1.807) is 6.07 Å². The molecule has 0 spiro atoms. The maximum Gasteiger partial charge on any atom is 0.303 e. The molecule has 1 aliphatic carbocycles. The Morgan fingerprint density at radius 1 is 0.841 bits per heavy atom. The van der Waals surface area contributed by atoms with Crippen molar-refractivity contribution in [3.63, 3.8) is 0 Å². The Kier molecular flexibility index (Phi) is 14.9. The third kappa shape index (κ3) is 10.9. The number of unbranched alkanes of at least 4 members (excludes halogenated alkanes) is 3. The topological polar surface area (TPSA) is 200 Å². The molecule has 0 amide bonds. The zero-order valence-corrected chi connectivity index (χ0v) is 38.5. The second kappa shape index (κ2) is 19.7. The van der Waals surface area contributed by atoms with Crippen molar-refractivity contribution < 1.29 is 59.8 Å². The van der Waals surface area contributed by atoms with Gasteiger partial charge in [-0.15, -0.1) is 4.33 Å². The van der Waals surface area contributed by atoms with E-state index in [1.165, 1.54) is 36.4 Å². The van der Waals surface area contributed by atoms with E-state index in [9.17, 15) is 35.8 Å². The van der Waals surface area contributed by atoms with Crippen molar-refractivity contribution in [1.29, 1.82) is 0 Å². The van der Waals surface area contributed by atoms with Crippen LogP contribution in [0, 0.1) is 0 Å². The van der Waals surface area contributed by atoms with Crippen molar-refractivity contribution in [2.75, 3.05) is 18.0 Å². The molecule has 17 heteroatoms. The maximum atomic E-state index is 12.2. The van der Waals surface area contributed by atoms with E-state index >= 15 is 0 Å². The van der Waals surface area contributed by atoms with E-state index in [2.05, 4.69) is 47.4 Å². The molecule has 0 atom stereocenters. The predicted molar refractivity (Wildman–Crippen MR) is 241 cm³/mol. The molecule has 3 aliphatic rings. The maximum absolute atomic E-state index is 12.2. The molecular formula is C46H55N2O12S3+. The summed E-state index contributed by atoms with van der Waals surface area (Å²) < 4.78 is 81.6. The van der Waals surface area contributed by atoms with Crippen LogP contribution in [-0.2, 0) is 45.2 Å². The summed E-state index contributed by atoms with van der Waals surface area (Å²) in [6, 6.07) is 16.1. The number of carbonyl (C=O) groups is 1. The number of aliphatic carboxylic acids is 1. The molecule has 63 heavy (non-hydrogen) atoms. The monoisotopic (exact) mass is 923 g/mol. The molecule has 3 aromatic rings. The van der Waals surface area contributed by atoms with Crippen LogP contribution in [0.5, 0.6) is 5.75 Å². The zero-order chi connectivity index (χ0) is 45.7. The highest BCUT2D eigenvalue weighted by molar-refractivity contribution is 7.94. The molecule has 4 N–H and O–H groups in total. The fourth-order valence-electron chi connectivity index (χ4n) is 8.61. The van der Waals surface area contributed by atoms with Gasteiger partial charge in [0.2, 0.25) is 5.69 Å². The standard InChI is InChI=1S/C46H54N2O12S3/c1-6-7-27-47-39-23-19-34(61-60-59-51)29-37(39)45(2,3)41(47)25-15-31-12-11-13-32(44(31)58-33-17-20-35(21-18-33)62(52,53)54)16-26-42-46(4,5)38-30-36(63(55,56)57)22-24-40(38)48(42)28-10-8-9-14-43(49)50/h15-26,29-30H,6-14,27-28H2,1-5H3,(H3-,49,50,51,52,53,54,55,56,57)/p+1. The molecule has 6 rings (SSSR count). The molecule has 338 valence electrons. The molecule has 2 heterocycles. The molecule has 0 bridgehead atoms. The number of fused-ring (bicyclic) bond motifs is 2. The number of carboxylic acids is 1. The number of hydrogen-bond acceptors (Lipinski definition) is 11. The first-order valence-electron chi connectivity index (χ1n) is 20.9. The van der Waals surface area contributed by atoms with E-state index in [1.807, 2.05) is 44.2 Å². The molecule has 0 radical (unpaired) electrons. The van der Waals surface area contributed by atoms with Gasteiger partial charge in [0.25, 0.3) is 20.2 Å². The summed E-state index contributed by atoms with van der Waals surface area (Å²) in [7, 11) is -8.92. The largest absolute Gasteiger partial charge is 0.481 e. The summed E-state index contributed by atoms with van der Waals surface area (Å²) in [5.41, 5.74) is 6.24. The van der Waals surface area contributed by atoms with Gasteiger partial charge >= 0.3 is 5.97 Å². The third-order valence-electron chi connectivity index (χ3n) is 11.9. The van der Waals surface area contributed by atoms with Gasteiger partial charge in [0.15, 0.2) is 5.71 Å². The zero-order valence-electron chi connectivity index (χ0n) is 36.0. The van der Waals surface area contributed by atoms with Crippen LogP contribution in [0.25, 0.3) is 0 Å². The van der Waals surface area contributed by atoms with Crippen LogP contribution in [-0.4, -0.2) is 65.7 Å². The van der Waals surface area contributed by atoms with Crippen LogP contribution >= 0.6 is 12.0 Å². The van der Waals surface area contributed by atoms with Crippen molar-refractivity contribution in [3.8, 4) is 5.75 Å². The third-order valence-corrected chi connectivity index (χ3v) is 14.2. The average Bonchev–Trinajstić information content (AvgIpc) is 3.57. The molecule has 0 fully saturated rings. The number of nitrogens with zero attached hydrogens (tertiary/aromatic N) is 2. The number of ether oxygens (including phenoxy) is 1. The summed E-state index contributed by atoms with van der Waals surface area (Å²) in [6.07, 6.45) is 14.2. The van der Waals surface area contributed by atoms with Gasteiger partial charge in [0.1, 0.15) is 18.1 Å². The van der Waals surface area contributed by atoms with Crippen LogP contribution < -0.4 is 9.64 Å². The number of benzene rings is 3. The van der Waals surface area contributed by atoms with Crippen molar-refractivity contribution in [1.82, 2.24) is 0 Å². The number of anilines is 1. The van der Waals surface area contributed by atoms with Crippen LogP contribution in [0.1, 0.15) is 104 Å². The Morgan fingerprint density at radius 2 is 1.56 bits per heavy atom. The van der Waals surface area contributed by atoms with Gasteiger partial charge in [-0.05, 0) is 129 Å². The predicted octanol–water partition coefficient (Wildman–Crippen LogP) is 10.1. The number of carboxylic acid groups (broad SMARTS) is 1. The van der Waals surface area contributed by atoms with Gasteiger partial charge in [0, 0.05) is 58.8 Å². The first-order valence-corrected chi connectivity index (χ1v) is 24.5. The van der Waals surface area contributed by atoms with Gasteiger partial charge in [-0.1, -0.05) is 44.7 Å². The summed E-state index contributed by atoms with van der Waals surface area (Å²) in [5.74, 6) is 0.0989. The Balaban J connectivity index is 1.45. The second-order valence-corrected chi connectivity index (χ2v) is 20.5. The Hall–Kier alpha value is -4.59. The lowest BCUT2D eigenvalue weighted by atomic mass is 9.81. The second-order valence-electron chi connectivity index (χ2n) is 16.9. The van der Waals surface area contributed by atoms with E-state index in [0.717, 1.165) is 87.8 Å². The molecule has 14 nitrogen and oxygen atoms in total. The molecule has 3 aromatic carbocycles. The van der Waals surface area contributed by atoms with E-state index in [0.29, 0.717) is 50.2 Å². The van der Waals surface area contributed by atoms with Gasteiger partial charge in [-0.25, -0.2) is 5.26 Å². The van der Waals surface area contributed by atoms with Gasteiger partial charge in [0.05, 0.1) is 27.2 Å². The normalized spacial score (nSPS) is 18.5. The Labute approximate surface area is 373 Å². The highest BCUT2D eigenvalue weighted by atomic mass is 32.2. The van der Waals surface area contributed by atoms with Crippen LogP contribution in [0.2, 0.25) is 0 Å². The minimum Gasteiger partial charge on any atom is -0.481 e. The molecule has 0 saturated carbocycles. The summed E-state index contributed by atoms with van der Waals surface area (Å²) in [6.45, 7) is 11.8. The lowest BCUT2D eigenvalue weighted by molar-refractivity contribution is -0.438. The minimum atomic E-state index is -4.48. The minimum absolute atomic E-state index is 0.0657. The number of allylic oxidation sites excluding steroid dienone is 7. The summed E-state index contributed by atoms with van der Waals surface area (Å²) >= 11 is 0.908. The van der Waals surface area contributed by atoms with Crippen LogP contribution in [0.4, 0.5) is 11.4 Å². The Bertz CT molecular complexity index is 2610. The van der Waals surface area contributed by atoms with Gasteiger partial charge in [-0.2, -0.15) is 21.4 Å². The van der Waals surface area contributed by atoms with Crippen LogP contribution in [0.3, 0.4) is 0 Å². The van der Waals surface area contributed by atoms with E-state index in [4.69, 9.17) is 14.3 Å². The average molecular weight is 924 g/mol. The number of hydrogen-bond donors (Lipinski definition) is 4. The van der Waals surface area contributed by atoms with Crippen molar-refractivity contribution in [2.24, 2.45) is 0 Å².